The molecular weight excluding hydrogens is 360 g/mol. The van der Waals surface area contributed by atoms with Crippen LogP contribution in [0.3, 0.4) is 0 Å². The van der Waals surface area contributed by atoms with E-state index in [0.717, 1.165) is 31.4 Å². The minimum absolute atomic E-state index is 0.256. The Hall–Kier alpha value is -0.680. The maximum absolute atomic E-state index is 12.3. The van der Waals surface area contributed by atoms with E-state index in [-0.39, 0.29) is 6.42 Å². The lowest BCUT2D eigenvalue weighted by molar-refractivity contribution is -0.137. The third-order valence-corrected chi connectivity index (χ3v) is 8.64. The van der Waals surface area contributed by atoms with Gasteiger partial charge in [0, 0.05) is 28.2 Å². The quantitative estimate of drug-likeness (QED) is 0.379. The van der Waals surface area contributed by atoms with Gasteiger partial charge in [-0.3, -0.25) is 9.00 Å². The zero-order valence-electron chi connectivity index (χ0n) is 16.5. The number of unbranched alkanes of at least 4 members (excludes halogenated alkanes) is 2. The van der Waals surface area contributed by atoms with Crippen LogP contribution in [-0.2, 0) is 20.3 Å². The zero-order chi connectivity index (χ0) is 19.1. The van der Waals surface area contributed by atoms with E-state index in [1.165, 1.54) is 51.4 Å². The minimum atomic E-state index is -0.709. The van der Waals surface area contributed by atoms with Crippen molar-refractivity contribution in [2.24, 2.45) is 11.8 Å². The van der Waals surface area contributed by atoms with Crippen molar-refractivity contribution in [1.29, 1.82) is 0 Å². The highest BCUT2D eigenvalue weighted by Gasteiger charge is 2.47. The van der Waals surface area contributed by atoms with Crippen LogP contribution < -0.4 is 0 Å². The molecule has 3 rings (SSSR count). The molecule has 1 N–H and O–H groups in total. The van der Waals surface area contributed by atoms with Gasteiger partial charge in [0.05, 0.1) is 12.2 Å². The van der Waals surface area contributed by atoms with E-state index >= 15 is 0 Å². The smallest absolute Gasteiger partial charge is 0.303 e. The van der Waals surface area contributed by atoms with E-state index in [0.29, 0.717) is 29.3 Å². The van der Waals surface area contributed by atoms with Crippen LogP contribution in [0.25, 0.3) is 0 Å². The fraction of sp³-hybridized carbons (Fsp3) is 0.864. The summed E-state index contributed by atoms with van der Waals surface area (Å²) in [5.74, 6) is 1.46. The lowest BCUT2D eigenvalue weighted by Crippen LogP contribution is -2.27. The van der Waals surface area contributed by atoms with E-state index in [4.69, 9.17) is 9.84 Å². The van der Waals surface area contributed by atoms with Gasteiger partial charge in [-0.05, 0) is 69.6 Å². The van der Waals surface area contributed by atoms with Crippen molar-refractivity contribution < 1.29 is 18.8 Å². The molecule has 0 radical (unpaired) electrons. The average Bonchev–Trinajstić information content (AvgIpc) is 3.39. The van der Waals surface area contributed by atoms with Crippen LogP contribution in [0, 0.1) is 11.8 Å². The summed E-state index contributed by atoms with van der Waals surface area (Å²) >= 11 is 0. The molecule has 0 aromatic carbocycles. The summed E-state index contributed by atoms with van der Waals surface area (Å²) < 4.78 is 18.5. The van der Waals surface area contributed by atoms with E-state index in [9.17, 15) is 9.00 Å². The van der Waals surface area contributed by atoms with Gasteiger partial charge in [0.2, 0.25) is 0 Å². The molecule has 3 aliphatic rings. The topological polar surface area (TPSA) is 63.6 Å². The maximum Gasteiger partial charge on any atom is 0.303 e. The first-order chi connectivity index (χ1) is 13.1. The second-order valence-electron chi connectivity index (χ2n) is 8.60. The van der Waals surface area contributed by atoms with Crippen molar-refractivity contribution >= 4 is 16.8 Å². The Bertz CT molecular complexity index is 526. The van der Waals surface area contributed by atoms with Crippen LogP contribution in [0.15, 0.2) is 12.2 Å². The zero-order valence-corrected chi connectivity index (χ0v) is 17.3. The Morgan fingerprint density at radius 2 is 1.74 bits per heavy atom. The van der Waals surface area contributed by atoms with Gasteiger partial charge in [-0.1, -0.05) is 31.4 Å². The van der Waals surface area contributed by atoms with E-state index in [1.54, 1.807) is 0 Å². The Labute approximate surface area is 166 Å². The Morgan fingerprint density at radius 1 is 1.00 bits per heavy atom. The fourth-order valence-corrected chi connectivity index (χ4v) is 6.96. The van der Waals surface area contributed by atoms with Gasteiger partial charge in [0.25, 0.3) is 0 Å². The molecule has 154 valence electrons. The standard InChI is InChI=1S/C22H36O4S/c23-22(24)13-4-2-1-3-11-18-19(21-15-14-20(18)26-21)12-7-8-16-27(25)17-9-5-6-10-17/h1,3,17-21H,2,4-16H2,(H,23,24)/t18-,19-,20-,21+,27?/m1/s1. The van der Waals surface area contributed by atoms with Gasteiger partial charge in [0.15, 0.2) is 0 Å². The number of carboxylic acids is 1. The molecule has 0 amide bonds. The third kappa shape index (κ3) is 6.15. The summed E-state index contributed by atoms with van der Waals surface area (Å²) in [4.78, 5) is 10.6. The monoisotopic (exact) mass is 396 g/mol. The average molecular weight is 397 g/mol. The van der Waals surface area contributed by atoms with Gasteiger partial charge in [-0.25, -0.2) is 0 Å². The molecule has 1 unspecified atom stereocenters. The lowest BCUT2D eigenvalue weighted by atomic mass is 9.75. The van der Waals surface area contributed by atoms with Crippen molar-refractivity contribution in [2.75, 3.05) is 5.75 Å². The van der Waals surface area contributed by atoms with Crippen LogP contribution in [0.2, 0.25) is 0 Å². The number of carbonyl (C=O) groups is 1. The highest BCUT2D eigenvalue weighted by atomic mass is 32.2. The van der Waals surface area contributed by atoms with Gasteiger partial charge in [-0.2, -0.15) is 0 Å². The van der Waals surface area contributed by atoms with Crippen LogP contribution in [0.1, 0.15) is 83.5 Å². The molecule has 3 fully saturated rings. The SMILES string of the molecule is O=C(O)CCCC=CC[C@@H]1[C@@H](CCCCS(=O)C2CCCC2)[C@@H]2CC[C@H]1O2. The lowest BCUT2D eigenvalue weighted by Gasteiger charge is -2.27. The molecule has 0 aromatic rings. The third-order valence-electron chi connectivity index (χ3n) is 6.73. The van der Waals surface area contributed by atoms with Crippen LogP contribution in [-0.4, -0.2) is 38.5 Å². The molecule has 4 nitrogen and oxygen atoms in total. The maximum atomic E-state index is 12.3. The first-order valence-electron chi connectivity index (χ1n) is 11.0. The number of rotatable bonds is 12. The minimum Gasteiger partial charge on any atom is -0.481 e. The summed E-state index contributed by atoms with van der Waals surface area (Å²) in [5, 5.41) is 9.17. The molecule has 1 saturated carbocycles. The van der Waals surface area contributed by atoms with Gasteiger partial charge in [0.1, 0.15) is 0 Å². The Balaban J connectivity index is 1.35. The summed E-state index contributed by atoms with van der Waals surface area (Å²) in [6.07, 6.45) is 18.9. The Kier molecular flexibility index (Phi) is 8.38. The van der Waals surface area contributed by atoms with Gasteiger partial charge < -0.3 is 9.84 Å². The predicted molar refractivity (Wildman–Crippen MR) is 109 cm³/mol. The number of hydrogen-bond acceptors (Lipinski definition) is 3. The number of fused-ring (bicyclic) bond motifs is 2. The molecule has 2 aliphatic heterocycles. The largest absolute Gasteiger partial charge is 0.481 e. The summed E-state index contributed by atoms with van der Waals surface area (Å²) in [6, 6.07) is 0. The van der Waals surface area contributed by atoms with Crippen LogP contribution >= 0.6 is 0 Å². The Morgan fingerprint density at radius 3 is 2.48 bits per heavy atom. The van der Waals surface area contributed by atoms with Crippen molar-refractivity contribution in [3.8, 4) is 0 Å². The van der Waals surface area contributed by atoms with E-state index < -0.39 is 16.8 Å². The molecule has 0 aromatic heterocycles. The normalized spacial score (nSPS) is 31.9. The fourth-order valence-electron chi connectivity index (χ4n) is 5.28. The molecule has 5 heteroatoms. The second kappa shape index (κ2) is 10.8. The highest BCUT2D eigenvalue weighted by molar-refractivity contribution is 7.85. The summed E-state index contributed by atoms with van der Waals surface area (Å²) in [6.45, 7) is 0. The molecule has 27 heavy (non-hydrogen) atoms. The molecule has 2 heterocycles. The first-order valence-corrected chi connectivity index (χ1v) is 12.4. The predicted octanol–water partition coefficient (Wildman–Crippen LogP) is 4.84. The van der Waals surface area contributed by atoms with E-state index in [2.05, 4.69) is 12.2 Å². The van der Waals surface area contributed by atoms with Crippen molar-refractivity contribution in [1.82, 2.24) is 0 Å². The highest BCUT2D eigenvalue weighted by Crippen LogP contribution is 2.47. The van der Waals surface area contributed by atoms with Gasteiger partial charge in [-0.15, -0.1) is 0 Å². The number of ether oxygens (including phenoxy) is 1. The second-order valence-corrected chi connectivity index (χ2v) is 10.4. The van der Waals surface area contributed by atoms with Crippen LogP contribution in [0.5, 0.6) is 0 Å². The van der Waals surface area contributed by atoms with Gasteiger partial charge >= 0.3 is 5.97 Å². The number of allylic oxidation sites excluding steroid dienone is 2. The molecule has 2 bridgehead atoms. The summed E-state index contributed by atoms with van der Waals surface area (Å²) in [7, 11) is -0.605. The molecule has 2 saturated heterocycles. The molecular formula is C22H36O4S. The van der Waals surface area contributed by atoms with E-state index in [1.807, 2.05) is 0 Å². The first kappa shape index (κ1) is 21.0. The molecule has 0 spiro atoms. The van der Waals surface area contributed by atoms with Crippen molar-refractivity contribution in [2.45, 2.75) is 101 Å². The van der Waals surface area contributed by atoms with Crippen LogP contribution in [0.4, 0.5) is 0 Å². The van der Waals surface area contributed by atoms with Crippen molar-refractivity contribution in [3.63, 3.8) is 0 Å². The molecule has 1 aliphatic carbocycles. The number of hydrogen-bond donors (Lipinski definition) is 1. The summed E-state index contributed by atoms with van der Waals surface area (Å²) in [5.41, 5.74) is 0. The number of aliphatic carboxylic acids is 1. The van der Waals surface area contributed by atoms with Crippen molar-refractivity contribution in [3.05, 3.63) is 12.2 Å². The number of carboxylic acid groups (broad SMARTS) is 1. The molecule has 5 atom stereocenters.